The summed E-state index contributed by atoms with van der Waals surface area (Å²) in [6.07, 6.45) is 0.276. The summed E-state index contributed by atoms with van der Waals surface area (Å²) in [5, 5.41) is 9.06. The van der Waals surface area contributed by atoms with Crippen LogP contribution in [0.4, 0.5) is 0 Å². The zero-order valence-corrected chi connectivity index (χ0v) is 13.6. The van der Waals surface area contributed by atoms with Crippen LogP contribution < -0.4 is 5.73 Å². The van der Waals surface area contributed by atoms with Crippen LogP contribution in [0.3, 0.4) is 0 Å². The van der Waals surface area contributed by atoms with Gasteiger partial charge in [0.1, 0.15) is 5.82 Å². The first-order valence-corrected chi connectivity index (χ1v) is 8.13. The van der Waals surface area contributed by atoms with Crippen LogP contribution in [0.1, 0.15) is 16.7 Å². The fourth-order valence-corrected chi connectivity index (χ4v) is 4.02. The standard InChI is InChI=1S/C15H13BrN4S/c16-14-6-5-13(21-14)12(9-18)20-11-4-2-1-3-10(11)19-15(20)7-8-17/h1-6,12H,7,9,18H2. The number of nitriles is 1. The highest BCUT2D eigenvalue weighted by atomic mass is 79.9. The van der Waals surface area contributed by atoms with Gasteiger partial charge in [-0.1, -0.05) is 12.1 Å². The van der Waals surface area contributed by atoms with E-state index in [2.05, 4.69) is 37.6 Å². The van der Waals surface area contributed by atoms with Crippen LogP contribution in [-0.4, -0.2) is 16.1 Å². The molecule has 2 heterocycles. The van der Waals surface area contributed by atoms with Crippen LogP contribution in [0.2, 0.25) is 0 Å². The maximum atomic E-state index is 9.06. The molecule has 2 N–H and O–H groups in total. The fraction of sp³-hybridized carbons (Fsp3) is 0.200. The van der Waals surface area contributed by atoms with Gasteiger partial charge in [0, 0.05) is 11.4 Å². The number of hydrogen-bond acceptors (Lipinski definition) is 4. The van der Waals surface area contributed by atoms with E-state index in [9.17, 15) is 0 Å². The van der Waals surface area contributed by atoms with Gasteiger partial charge in [0.2, 0.25) is 0 Å². The lowest BCUT2D eigenvalue weighted by Crippen LogP contribution is -2.21. The molecule has 0 aliphatic rings. The minimum absolute atomic E-state index is 0.00273. The summed E-state index contributed by atoms with van der Waals surface area (Å²) in [5.41, 5.74) is 7.94. The molecule has 3 rings (SSSR count). The molecule has 0 aliphatic heterocycles. The van der Waals surface area contributed by atoms with Gasteiger partial charge >= 0.3 is 0 Å². The Labute approximate surface area is 135 Å². The normalized spacial score (nSPS) is 12.4. The molecule has 4 nitrogen and oxygen atoms in total. The zero-order valence-electron chi connectivity index (χ0n) is 11.2. The number of nitrogens with two attached hydrogens (primary N) is 1. The molecule has 2 aromatic heterocycles. The predicted molar refractivity (Wildman–Crippen MR) is 88.3 cm³/mol. The number of aromatic nitrogens is 2. The van der Waals surface area contributed by atoms with Crippen molar-refractivity contribution in [3.05, 3.63) is 50.9 Å². The highest BCUT2D eigenvalue weighted by Gasteiger charge is 2.20. The minimum Gasteiger partial charge on any atom is -0.328 e. The number of benzene rings is 1. The molecule has 0 bridgehead atoms. The van der Waals surface area contributed by atoms with Gasteiger partial charge in [-0.3, -0.25) is 0 Å². The lowest BCUT2D eigenvalue weighted by Gasteiger charge is -2.18. The first kappa shape index (κ1) is 14.3. The number of nitrogens with zero attached hydrogens (tertiary/aromatic N) is 3. The van der Waals surface area contributed by atoms with Gasteiger partial charge in [-0.25, -0.2) is 4.98 Å². The monoisotopic (exact) mass is 360 g/mol. The van der Waals surface area contributed by atoms with Crippen molar-refractivity contribution < 1.29 is 0 Å². The molecule has 106 valence electrons. The first-order valence-electron chi connectivity index (χ1n) is 6.52. The van der Waals surface area contributed by atoms with Gasteiger partial charge in [-0.2, -0.15) is 5.26 Å². The molecule has 0 aliphatic carbocycles. The molecule has 0 spiro atoms. The van der Waals surface area contributed by atoms with Gasteiger partial charge in [-0.05, 0) is 40.2 Å². The second-order valence-corrected chi connectivity index (χ2v) is 7.11. The van der Waals surface area contributed by atoms with Gasteiger partial charge in [0.05, 0.1) is 33.4 Å². The lowest BCUT2D eigenvalue weighted by atomic mass is 10.2. The van der Waals surface area contributed by atoms with Crippen LogP contribution in [0.5, 0.6) is 0 Å². The van der Waals surface area contributed by atoms with Crippen LogP contribution in [-0.2, 0) is 6.42 Å². The minimum atomic E-state index is -0.00273. The smallest absolute Gasteiger partial charge is 0.124 e. The SMILES string of the molecule is N#CCc1nc2ccccc2n1C(CN)c1ccc(Br)s1. The Balaban J connectivity index is 2.21. The van der Waals surface area contributed by atoms with Gasteiger partial charge in [0.15, 0.2) is 0 Å². The van der Waals surface area contributed by atoms with E-state index in [-0.39, 0.29) is 12.5 Å². The zero-order chi connectivity index (χ0) is 14.8. The Morgan fingerprint density at radius 1 is 1.33 bits per heavy atom. The number of rotatable bonds is 4. The fourth-order valence-electron chi connectivity index (χ4n) is 2.49. The molecule has 1 atom stereocenters. The second-order valence-electron chi connectivity index (χ2n) is 4.62. The van der Waals surface area contributed by atoms with E-state index >= 15 is 0 Å². The number of hydrogen-bond donors (Lipinski definition) is 1. The summed E-state index contributed by atoms with van der Waals surface area (Å²) in [4.78, 5) is 5.74. The Morgan fingerprint density at radius 3 is 2.81 bits per heavy atom. The van der Waals surface area contributed by atoms with Crippen LogP contribution in [0.15, 0.2) is 40.2 Å². The van der Waals surface area contributed by atoms with Crippen LogP contribution in [0, 0.1) is 11.3 Å². The Kier molecular flexibility index (Phi) is 4.06. The van der Waals surface area contributed by atoms with Crippen molar-refractivity contribution in [3.63, 3.8) is 0 Å². The lowest BCUT2D eigenvalue weighted by molar-refractivity contribution is 0.598. The average Bonchev–Trinajstić information content (AvgIpc) is 3.06. The third kappa shape index (κ3) is 2.60. The molecule has 6 heteroatoms. The van der Waals surface area contributed by atoms with E-state index in [0.717, 1.165) is 25.5 Å². The van der Waals surface area contributed by atoms with Crippen molar-refractivity contribution in [2.45, 2.75) is 12.5 Å². The summed E-state index contributed by atoms with van der Waals surface area (Å²) < 4.78 is 3.17. The maximum Gasteiger partial charge on any atom is 0.124 e. The van der Waals surface area contributed by atoms with Gasteiger partial charge < -0.3 is 10.3 Å². The van der Waals surface area contributed by atoms with Crippen molar-refractivity contribution >= 4 is 38.3 Å². The van der Waals surface area contributed by atoms with Crippen molar-refractivity contribution in [2.24, 2.45) is 5.73 Å². The second kappa shape index (κ2) is 5.98. The van der Waals surface area contributed by atoms with Gasteiger partial charge in [-0.15, -0.1) is 11.3 Å². The molecular formula is C15H13BrN4S. The van der Waals surface area contributed by atoms with Crippen LogP contribution in [0.25, 0.3) is 11.0 Å². The van der Waals surface area contributed by atoms with Crippen LogP contribution >= 0.6 is 27.3 Å². The third-order valence-electron chi connectivity index (χ3n) is 3.36. The predicted octanol–water partition coefficient (Wildman–Crippen LogP) is 3.47. The maximum absolute atomic E-state index is 9.06. The summed E-state index contributed by atoms with van der Waals surface area (Å²) in [5.74, 6) is 0.763. The number of para-hydroxylation sites is 2. The van der Waals surface area contributed by atoms with E-state index in [0.29, 0.717) is 6.54 Å². The molecule has 21 heavy (non-hydrogen) atoms. The number of imidazole rings is 1. The first-order chi connectivity index (χ1) is 10.2. The third-order valence-corrected chi connectivity index (χ3v) is 5.09. The number of thiophene rings is 1. The van der Waals surface area contributed by atoms with Gasteiger partial charge in [0.25, 0.3) is 0 Å². The van der Waals surface area contributed by atoms with Crippen molar-refractivity contribution in [1.82, 2.24) is 9.55 Å². The molecule has 0 radical (unpaired) electrons. The quantitative estimate of drug-likeness (QED) is 0.774. The van der Waals surface area contributed by atoms with E-state index in [4.69, 9.17) is 11.0 Å². The summed E-state index contributed by atoms with van der Waals surface area (Å²) >= 11 is 5.15. The highest BCUT2D eigenvalue weighted by molar-refractivity contribution is 9.11. The molecule has 3 aromatic rings. The van der Waals surface area contributed by atoms with E-state index in [1.54, 1.807) is 11.3 Å². The topological polar surface area (TPSA) is 67.6 Å². The summed E-state index contributed by atoms with van der Waals surface area (Å²) in [6.45, 7) is 0.464. The molecule has 0 amide bonds. The molecule has 1 aromatic carbocycles. The molecular weight excluding hydrogens is 348 g/mol. The highest BCUT2D eigenvalue weighted by Crippen LogP contribution is 2.32. The van der Waals surface area contributed by atoms with E-state index < -0.39 is 0 Å². The summed E-state index contributed by atoms with van der Waals surface area (Å²) in [7, 11) is 0. The molecule has 0 saturated carbocycles. The Morgan fingerprint density at radius 2 is 2.14 bits per heavy atom. The molecule has 0 saturated heterocycles. The molecule has 0 fully saturated rings. The van der Waals surface area contributed by atoms with E-state index in [1.807, 2.05) is 30.3 Å². The van der Waals surface area contributed by atoms with E-state index in [1.165, 1.54) is 0 Å². The number of fused-ring (bicyclic) bond motifs is 1. The summed E-state index contributed by atoms with van der Waals surface area (Å²) in [6, 6.07) is 14.2. The largest absolute Gasteiger partial charge is 0.328 e. The Bertz CT molecular complexity index is 815. The van der Waals surface area contributed by atoms with Crippen molar-refractivity contribution in [1.29, 1.82) is 5.26 Å². The molecule has 1 unspecified atom stereocenters. The van der Waals surface area contributed by atoms with Crippen molar-refractivity contribution in [2.75, 3.05) is 6.54 Å². The Hall–Kier alpha value is -1.68. The van der Waals surface area contributed by atoms with Crippen molar-refractivity contribution in [3.8, 4) is 6.07 Å². The number of halogens is 1. The average molecular weight is 361 g/mol.